The number of carbonyl (C=O) groups is 2. The molecule has 1 spiro atoms. The molecule has 0 aromatic rings. The Balaban J connectivity index is 2.12. The Bertz CT molecular complexity index is 750. The Labute approximate surface area is 174 Å². The van der Waals surface area contributed by atoms with Crippen LogP contribution in [0.2, 0.25) is 0 Å². The van der Waals surface area contributed by atoms with Gasteiger partial charge in [0.05, 0.1) is 6.10 Å². The van der Waals surface area contributed by atoms with E-state index in [4.69, 9.17) is 4.74 Å². The largest absolute Gasteiger partial charge is 0.444 e. The van der Waals surface area contributed by atoms with Crippen molar-refractivity contribution < 1.29 is 19.4 Å². The number of hydrogen-bond donors (Lipinski definition) is 2. The van der Waals surface area contributed by atoms with Crippen LogP contribution in [-0.2, 0) is 14.3 Å². The third-order valence-electron chi connectivity index (χ3n) is 6.79. The molecular formula is C24H35NO4. The van der Waals surface area contributed by atoms with Crippen molar-refractivity contribution in [3.63, 3.8) is 0 Å². The van der Waals surface area contributed by atoms with Gasteiger partial charge in [-0.15, -0.1) is 0 Å². The van der Waals surface area contributed by atoms with Crippen LogP contribution in [0.5, 0.6) is 0 Å². The number of ether oxygens (including phenoxy) is 1. The number of rotatable bonds is 2. The topological polar surface area (TPSA) is 75.6 Å². The highest BCUT2D eigenvalue weighted by molar-refractivity contribution is 5.94. The molecule has 0 bridgehead atoms. The van der Waals surface area contributed by atoms with E-state index in [0.717, 1.165) is 18.4 Å². The minimum atomic E-state index is -1.22. The van der Waals surface area contributed by atoms with Crippen molar-refractivity contribution >= 4 is 11.9 Å². The predicted octanol–water partition coefficient (Wildman–Crippen LogP) is 3.69. The third-order valence-corrected chi connectivity index (χ3v) is 6.79. The number of amides is 1. The van der Waals surface area contributed by atoms with E-state index in [-0.39, 0.29) is 29.7 Å². The van der Waals surface area contributed by atoms with Crippen molar-refractivity contribution in [2.75, 3.05) is 0 Å². The normalized spacial score (nSPS) is 41.0. The van der Waals surface area contributed by atoms with Gasteiger partial charge in [-0.1, -0.05) is 50.1 Å². The van der Waals surface area contributed by atoms with E-state index in [9.17, 15) is 14.7 Å². The van der Waals surface area contributed by atoms with Crippen LogP contribution in [0.1, 0.15) is 60.3 Å². The molecule has 1 aliphatic carbocycles. The highest BCUT2D eigenvalue weighted by Crippen LogP contribution is 2.50. The number of carbonyl (C=O) groups excluding carboxylic acids is 2. The van der Waals surface area contributed by atoms with Crippen LogP contribution in [-0.4, -0.2) is 34.7 Å². The quantitative estimate of drug-likeness (QED) is 0.547. The fraction of sp³-hybridized carbons (Fsp3) is 0.667. The minimum absolute atomic E-state index is 0.0242. The summed E-state index contributed by atoms with van der Waals surface area (Å²) in [5.74, 6) is -0.560. The zero-order valence-electron chi connectivity index (χ0n) is 18.3. The summed E-state index contributed by atoms with van der Waals surface area (Å²) >= 11 is 0. The fourth-order valence-corrected chi connectivity index (χ4v) is 5.25. The van der Waals surface area contributed by atoms with Crippen LogP contribution in [0.25, 0.3) is 0 Å². The van der Waals surface area contributed by atoms with Gasteiger partial charge in [-0.2, -0.15) is 0 Å². The average Bonchev–Trinajstić information content (AvgIpc) is 2.89. The molecule has 1 fully saturated rings. The van der Waals surface area contributed by atoms with Crippen molar-refractivity contribution in [2.24, 2.45) is 23.7 Å². The highest BCUT2D eigenvalue weighted by Gasteiger charge is 2.64. The first-order valence-electron chi connectivity index (χ1n) is 10.9. The molecule has 2 aliphatic heterocycles. The maximum Gasteiger partial charge on any atom is 0.331 e. The maximum atomic E-state index is 13.4. The molecule has 0 radical (unpaired) electrons. The number of esters is 1. The molecule has 6 atom stereocenters. The Kier molecular flexibility index (Phi) is 6.37. The standard InChI is InChI=1S/C24H35NO4/c1-14(2)11-20-22-17(5)16(4)13-18-12-15(3)9-10-19(26)7-6-8-21(27)29-24(18,22)23(28)25-20/h6,8,12-14,17-20,22,26H,7,9-11H2,1-5H3,(H,25,28)/b8-6-,15-12-. The van der Waals surface area contributed by atoms with Gasteiger partial charge in [0, 0.05) is 24.0 Å². The second kappa shape index (κ2) is 8.47. The zero-order valence-corrected chi connectivity index (χ0v) is 18.3. The molecule has 1 amide bonds. The van der Waals surface area contributed by atoms with Gasteiger partial charge in [0.1, 0.15) is 0 Å². The molecule has 2 N–H and O–H groups in total. The van der Waals surface area contributed by atoms with Crippen molar-refractivity contribution in [3.8, 4) is 0 Å². The van der Waals surface area contributed by atoms with Crippen LogP contribution in [0.3, 0.4) is 0 Å². The lowest BCUT2D eigenvalue weighted by Crippen LogP contribution is -2.56. The van der Waals surface area contributed by atoms with Gasteiger partial charge in [-0.3, -0.25) is 4.79 Å². The maximum absolute atomic E-state index is 13.4. The van der Waals surface area contributed by atoms with E-state index in [1.165, 1.54) is 11.6 Å². The lowest BCUT2D eigenvalue weighted by atomic mass is 9.63. The van der Waals surface area contributed by atoms with Crippen molar-refractivity contribution in [3.05, 3.63) is 35.5 Å². The molecule has 3 aliphatic rings. The van der Waals surface area contributed by atoms with E-state index in [1.807, 2.05) is 6.92 Å². The number of allylic oxidation sites excluding steroid dienone is 2. The molecule has 5 nitrogen and oxygen atoms in total. The molecule has 5 heteroatoms. The van der Waals surface area contributed by atoms with Crippen molar-refractivity contribution in [1.29, 1.82) is 0 Å². The third kappa shape index (κ3) is 4.20. The Morgan fingerprint density at radius 1 is 1.28 bits per heavy atom. The van der Waals surface area contributed by atoms with E-state index < -0.39 is 17.7 Å². The summed E-state index contributed by atoms with van der Waals surface area (Å²) in [4.78, 5) is 26.1. The second-order valence-electron chi connectivity index (χ2n) is 9.52. The van der Waals surface area contributed by atoms with Gasteiger partial charge in [0.15, 0.2) is 0 Å². The van der Waals surface area contributed by atoms with Gasteiger partial charge in [-0.05, 0) is 51.4 Å². The first-order valence-corrected chi connectivity index (χ1v) is 10.9. The Morgan fingerprint density at radius 3 is 2.69 bits per heavy atom. The molecule has 0 saturated carbocycles. The van der Waals surface area contributed by atoms with Crippen LogP contribution < -0.4 is 5.32 Å². The van der Waals surface area contributed by atoms with Crippen molar-refractivity contribution in [2.45, 2.75) is 78.0 Å². The fourth-order valence-electron chi connectivity index (χ4n) is 5.25. The molecule has 3 rings (SSSR count). The molecule has 2 heterocycles. The molecule has 6 unspecified atom stereocenters. The summed E-state index contributed by atoms with van der Waals surface area (Å²) in [6, 6.07) is -0.0242. The highest BCUT2D eigenvalue weighted by atomic mass is 16.6. The lowest BCUT2D eigenvalue weighted by Gasteiger charge is -2.45. The van der Waals surface area contributed by atoms with Crippen LogP contribution >= 0.6 is 0 Å². The minimum Gasteiger partial charge on any atom is -0.444 e. The van der Waals surface area contributed by atoms with Crippen molar-refractivity contribution in [1.82, 2.24) is 5.32 Å². The average molecular weight is 402 g/mol. The molecule has 0 aromatic carbocycles. The predicted molar refractivity (Wildman–Crippen MR) is 113 cm³/mol. The van der Waals surface area contributed by atoms with E-state index in [0.29, 0.717) is 18.8 Å². The number of aliphatic hydroxyl groups is 1. The monoisotopic (exact) mass is 401 g/mol. The lowest BCUT2D eigenvalue weighted by molar-refractivity contribution is -0.172. The summed E-state index contributed by atoms with van der Waals surface area (Å²) in [6.45, 7) is 10.6. The first-order chi connectivity index (χ1) is 13.6. The summed E-state index contributed by atoms with van der Waals surface area (Å²) in [5.41, 5.74) is 1.11. The van der Waals surface area contributed by atoms with E-state index in [2.05, 4.69) is 45.2 Å². The summed E-state index contributed by atoms with van der Waals surface area (Å²) in [7, 11) is 0. The van der Waals surface area contributed by atoms with E-state index in [1.54, 1.807) is 6.08 Å². The van der Waals surface area contributed by atoms with Crippen LogP contribution in [0.15, 0.2) is 35.5 Å². The van der Waals surface area contributed by atoms with Gasteiger partial charge >= 0.3 is 5.97 Å². The number of nitrogens with one attached hydrogen (secondary N) is 1. The van der Waals surface area contributed by atoms with Gasteiger partial charge in [-0.25, -0.2) is 4.79 Å². The van der Waals surface area contributed by atoms with Gasteiger partial charge < -0.3 is 15.2 Å². The summed E-state index contributed by atoms with van der Waals surface area (Å²) in [5, 5.41) is 13.3. The molecule has 29 heavy (non-hydrogen) atoms. The van der Waals surface area contributed by atoms with Crippen LogP contribution in [0, 0.1) is 23.7 Å². The second-order valence-corrected chi connectivity index (χ2v) is 9.52. The summed E-state index contributed by atoms with van der Waals surface area (Å²) < 4.78 is 6.06. The molecular weight excluding hydrogens is 366 g/mol. The molecule has 160 valence electrons. The number of hydrogen-bond acceptors (Lipinski definition) is 4. The first kappa shape index (κ1) is 21.8. The number of aliphatic hydroxyl groups excluding tert-OH is 1. The van der Waals surface area contributed by atoms with Gasteiger partial charge in [0.2, 0.25) is 5.60 Å². The Hall–Kier alpha value is -1.88. The van der Waals surface area contributed by atoms with E-state index >= 15 is 0 Å². The Morgan fingerprint density at radius 2 is 2.00 bits per heavy atom. The molecule has 0 aromatic heterocycles. The summed E-state index contributed by atoms with van der Waals surface area (Å²) in [6.07, 6.45) is 9.34. The van der Waals surface area contributed by atoms with Gasteiger partial charge in [0.25, 0.3) is 5.91 Å². The van der Waals surface area contributed by atoms with Crippen LogP contribution in [0.4, 0.5) is 0 Å². The molecule has 1 saturated heterocycles. The smallest absolute Gasteiger partial charge is 0.331 e. The SMILES string of the molecule is CC1=CC2/C=C(/C)CCC(O)C/C=C\C(=O)OC23C(=O)NC(CC(C)C)C3C1C. The zero-order chi connectivity index (χ0) is 21.3.